The Hall–Kier alpha value is -2.14. The molecule has 2 aliphatic rings. The number of anilines is 1. The van der Waals surface area contributed by atoms with E-state index in [1.165, 1.54) is 31.5 Å². The highest BCUT2D eigenvalue weighted by atomic mass is 16.2. The summed E-state index contributed by atoms with van der Waals surface area (Å²) in [7, 11) is 1.93. The Morgan fingerprint density at radius 3 is 2.68 bits per heavy atom. The highest BCUT2D eigenvalue weighted by Crippen LogP contribution is 2.48. The number of carbonyl (C=O) groups excluding carboxylic acids is 1. The lowest BCUT2D eigenvalue weighted by Crippen LogP contribution is -2.39. The molecule has 5 nitrogen and oxygen atoms in total. The molecule has 2 heterocycles. The molecule has 0 N–H and O–H groups in total. The summed E-state index contributed by atoms with van der Waals surface area (Å²) in [4.78, 5) is 17.6. The molecule has 5 heteroatoms. The van der Waals surface area contributed by atoms with Gasteiger partial charge in [0.15, 0.2) is 0 Å². The van der Waals surface area contributed by atoms with Gasteiger partial charge in [-0.2, -0.15) is 5.10 Å². The van der Waals surface area contributed by atoms with Crippen LogP contribution in [0.5, 0.6) is 0 Å². The number of likely N-dealkylation sites (tertiary alicyclic amines) is 1. The van der Waals surface area contributed by atoms with Crippen LogP contribution in [0.25, 0.3) is 0 Å². The van der Waals surface area contributed by atoms with Crippen LogP contribution in [-0.4, -0.2) is 46.8 Å². The molecular weight excluding hydrogens is 312 g/mol. The zero-order valence-electron chi connectivity index (χ0n) is 14.8. The van der Waals surface area contributed by atoms with Crippen LogP contribution in [0.2, 0.25) is 0 Å². The fourth-order valence-corrected chi connectivity index (χ4v) is 3.89. The lowest BCUT2D eigenvalue weighted by molar-refractivity contribution is -0.119. The monoisotopic (exact) mass is 338 g/mol. The highest BCUT2D eigenvalue weighted by Gasteiger charge is 2.46. The fraction of sp³-hybridized carbons (Fsp3) is 0.500. The van der Waals surface area contributed by atoms with Gasteiger partial charge in [0.2, 0.25) is 5.91 Å². The summed E-state index contributed by atoms with van der Waals surface area (Å²) < 4.78 is 1.82. The zero-order valence-corrected chi connectivity index (χ0v) is 14.8. The van der Waals surface area contributed by atoms with Gasteiger partial charge in [0.05, 0.1) is 6.20 Å². The van der Waals surface area contributed by atoms with Crippen molar-refractivity contribution in [3.63, 3.8) is 0 Å². The Kier molecular flexibility index (Phi) is 4.57. The molecule has 2 fully saturated rings. The Labute approximate surface area is 149 Å². The summed E-state index contributed by atoms with van der Waals surface area (Å²) in [6.45, 7) is 4.07. The van der Waals surface area contributed by atoms with E-state index in [0.717, 1.165) is 25.2 Å². The van der Waals surface area contributed by atoms with Crippen molar-refractivity contribution < 1.29 is 4.79 Å². The van der Waals surface area contributed by atoms with E-state index in [1.54, 1.807) is 0 Å². The maximum absolute atomic E-state index is 13.2. The normalized spacial score (nSPS) is 22.9. The number of rotatable bonds is 6. The number of aromatic nitrogens is 2. The minimum Gasteiger partial charge on any atom is -0.311 e. The average Bonchev–Trinajstić information content (AvgIpc) is 3.02. The lowest BCUT2D eigenvalue weighted by atomic mass is 10.1. The number of benzene rings is 1. The summed E-state index contributed by atoms with van der Waals surface area (Å²) in [5.41, 5.74) is 2.21. The summed E-state index contributed by atoms with van der Waals surface area (Å²) in [5, 5.41) is 4.25. The van der Waals surface area contributed by atoms with Gasteiger partial charge in [-0.15, -0.1) is 0 Å². The van der Waals surface area contributed by atoms with E-state index < -0.39 is 0 Å². The summed E-state index contributed by atoms with van der Waals surface area (Å²) in [6.07, 6.45) is 7.44. The molecule has 2 aromatic rings. The number of aryl methyl sites for hydroxylation is 1. The van der Waals surface area contributed by atoms with Crippen molar-refractivity contribution in [1.82, 2.24) is 14.7 Å². The molecule has 1 aromatic carbocycles. The van der Waals surface area contributed by atoms with E-state index in [1.807, 2.05) is 59.4 Å². The molecule has 0 radical (unpaired) electrons. The predicted octanol–water partition coefficient (Wildman–Crippen LogP) is 2.65. The van der Waals surface area contributed by atoms with E-state index in [2.05, 4.69) is 10.00 Å². The molecule has 4 rings (SSSR count). The van der Waals surface area contributed by atoms with Crippen molar-refractivity contribution in [2.24, 2.45) is 13.0 Å². The van der Waals surface area contributed by atoms with Crippen LogP contribution >= 0.6 is 0 Å². The van der Waals surface area contributed by atoms with Gasteiger partial charge in [0, 0.05) is 37.9 Å². The number of hydrogen-bond donors (Lipinski definition) is 0. The second-order valence-electron chi connectivity index (χ2n) is 7.27. The van der Waals surface area contributed by atoms with E-state index in [0.29, 0.717) is 5.92 Å². The van der Waals surface area contributed by atoms with Gasteiger partial charge in [-0.3, -0.25) is 9.48 Å². The largest absolute Gasteiger partial charge is 0.311 e. The van der Waals surface area contributed by atoms with Crippen molar-refractivity contribution in [2.45, 2.75) is 25.2 Å². The highest BCUT2D eigenvalue weighted by molar-refractivity contribution is 5.97. The van der Waals surface area contributed by atoms with Crippen molar-refractivity contribution in [3.8, 4) is 0 Å². The molecule has 25 heavy (non-hydrogen) atoms. The number of para-hydroxylation sites is 1. The lowest BCUT2D eigenvalue weighted by Gasteiger charge is -2.26. The summed E-state index contributed by atoms with van der Waals surface area (Å²) >= 11 is 0. The molecule has 1 aromatic heterocycles. The topological polar surface area (TPSA) is 41.4 Å². The van der Waals surface area contributed by atoms with Crippen LogP contribution in [0.1, 0.15) is 30.7 Å². The van der Waals surface area contributed by atoms with Gasteiger partial charge in [0.1, 0.15) is 0 Å². The third-order valence-corrected chi connectivity index (χ3v) is 5.43. The van der Waals surface area contributed by atoms with E-state index in [4.69, 9.17) is 0 Å². The standard InChI is InChI=1S/C20H26N4O/c1-22-15-16(14-21-22)18-13-19(18)20(25)24(17-7-3-2-4-8-17)12-11-23-9-5-6-10-23/h2-4,7-8,14-15,18-19H,5-6,9-13H2,1H3/t18-,19+/m1/s1. The van der Waals surface area contributed by atoms with Crippen LogP contribution in [0.15, 0.2) is 42.7 Å². The van der Waals surface area contributed by atoms with Crippen LogP contribution in [0.3, 0.4) is 0 Å². The Morgan fingerprint density at radius 2 is 2.00 bits per heavy atom. The first-order chi connectivity index (χ1) is 12.2. The number of carbonyl (C=O) groups is 1. The first-order valence-corrected chi connectivity index (χ1v) is 9.30. The van der Waals surface area contributed by atoms with Crippen molar-refractivity contribution in [3.05, 3.63) is 48.3 Å². The number of hydrogen-bond acceptors (Lipinski definition) is 3. The zero-order chi connectivity index (χ0) is 17.2. The van der Waals surface area contributed by atoms with Crippen molar-refractivity contribution in [1.29, 1.82) is 0 Å². The van der Waals surface area contributed by atoms with Crippen LogP contribution in [0, 0.1) is 5.92 Å². The van der Waals surface area contributed by atoms with Gasteiger partial charge < -0.3 is 9.80 Å². The van der Waals surface area contributed by atoms with E-state index >= 15 is 0 Å². The molecule has 0 bridgehead atoms. The van der Waals surface area contributed by atoms with Crippen molar-refractivity contribution in [2.75, 3.05) is 31.1 Å². The molecule has 1 aliphatic carbocycles. The van der Waals surface area contributed by atoms with E-state index in [9.17, 15) is 4.79 Å². The first kappa shape index (κ1) is 16.3. The summed E-state index contributed by atoms with van der Waals surface area (Å²) in [6, 6.07) is 10.1. The number of amides is 1. The van der Waals surface area contributed by atoms with Crippen LogP contribution < -0.4 is 4.90 Å². The smallest absolute Gasteiger partial charge is 0.230 e. The molecule has 132 valence electrons. The minimum atomic E-state index is 0.1000. The molecule has 1 aliphatic heterocycles. The summed E-state index contributed by atoms with van der Waals surface area (Å²) in [5.74, 6) is 0.696. The third kappa shape index (κ3) is 3.61. The van der Waals surface area contributed by atoms with Gasteiger partial charge in [-0.1, -0.05) is 18.2 Å². The van der Waals surface area contributed by atoms with Crippen LogP contribution in [-0.2, 0) is 11.8 Å². The van der Waals surface area contributed by atoms with Gasteiger partial charge in [-0.05, 0) is 56.0 Å². The molecule has 1 amide bonds. The molecule has 0 unspecified atom stereocenters. The maximum atomic E-state index is 13.2. The maximum Gasteiger partial charge on any atom is 0.230 e. The van der Waals surface area contributed by atoms with Gasteiger partial charge in [-0.25, -0.2) is 0 Å². The SMILES string of the molecule is Cn1cc([C@H]2C[C@@H]2C(=O)N(CCN2CCCC2)c2ccccc2)cn1. The molecule has 2 atom stereocenters. The Balaban J connectivity index is 1.46. The Morgan fingerprint density at radius 1 is 1.24 bits per heavy atom. The quantitative estimate of drug-likeness (QED) is 0.813. The van der Waals surface area contributed by atoms with Gasteiger partial charge in [0.25, 0.3) is 0 Å². The second-order valence-corrected chi connectivity index (χ2v) is 7.27. The molecule has 1 saturated heterocycles. The third-order valence-electron chi connectivity index (χ3n) is 5.43. The van der Waals surface area contributed by atoms with Crippen molar-refractivity contribution >= 4 is 11.6 Å². The minimum absolute atomic E-state index is 0.1000. The fourth-order valence-electron chi connectivity index (χ4n) is 3.89. The second kappa shape index (κ2) is 7.00. The average molecular weight is 338 g/mol. The van der Waals surface area contributed by atoms with Gasteiger partial charge >= 0.3 is 0 Å². The molecular formula is C20H26N4O. The predicted molar refractivity (Wildman–Crippen MR) is 98.5 cm³/mol. The van der Waals surface area contributed by atoms with E-state index in [-0.39, 0.29) is 11.8 Å². The first-order valence-electron chi connectivity index (χ1n) is 9.30. The number of nitrogens with zero attached hydrogens (tertiary/aromatic N) is 4. The van der Waals surface area contributed by atoms with Crippen LogP contribution in [0.4, 0.5) is 5.69 Å². The molecule has 0 spiro atoms. The Bertz CT molecular complexity index is 720. The molecule has 1 saturated carbocycles.